The van der Waals surface area contributed by atoms with Crippen molar-refractivity contribution in [2.45, 2.75) is 46.7 Å². The molecule has 0 amide bonds. The van der Waals surface area contributed by atoms with Crippen molar-refractivity contribution in [1.82, 2.24) is 19.9 Å². The summed E-state index contributed by atoms with van der Waals surface area (Å²) >= 11 is 5.92. The summed E-state index contributed by atoms with van der Waals surface area (Å²) in [7, 11) is 0. The van der Waals surface area contributed by atoms with E-state index < -0.39 is 0 Å². The number of hydrogen-bond acceptors (Lipinski definition) is 3. The molecular formula is C28H29N5S. The highest BCUT2D eigenvalue weighted by molar-refractivity contribution is 7.80. The van der Waals surface area contributed by atoms with Gasteiger partial charge in [-0.3, -0.25) is 4.98 Å². The number of thiocarbonyl (C=S) groups is 1. The van der Waals surface area contributed by atoms with Crippen molar-refractivity contribution in [2.24, 2.45) is 0 Å². The summed E-state index contributed by atoms with van der Waals surface area (Å²) in [5, 5.41) is 4.29. The molecule has 1 aliphatic heterocycles. The van der Waals surface area contributed by atoms with Gasteiger partial charge >= 0.3 is 0 Å². The molecule has 5 rings (SSSR count). The molecule has 5 nitrogen and oxygen atoms in total. The van der Waals surface area contributed by atoms with Crippen LogP contribution < -0.4 is 10.2 Å². The van der Waals surface area contributed by atoms with Crippen LogP contribution in [0.3, 0.4) is 0 Å². The number of aromatic nitrogens is 3. The van der Waals surface area contributed by atoms with E-state index >= 15 is 0 Å². The Balaban J connectivity index is 1.70. The van der Waals surface area contributed by atoms with Crippen molar-refractivity contribution in [3.8, 4) is 5.82 Å². The molecule has 1 aliphatic rings. The minimum Gasteiger partial charge on any atom is -0.351 e. The van der Waals surface area contributed by atoms with Crippen LogP contribution >= 0.6 is 12.2 Å². The smallest absolute Gasteiger partial charge is 0.174 e. The first kappa shape index (κ1) is 22.3. The number of pyridine rings is 2. The van der Waals surface area contributed by atoms with Gasteiger partial charge < -0.3 is 14.8 Å². The zero-order valence-corrected chi connectivity index (χ0v) is 21.0. The zero-order valence-electron chi connectivity index (χ0n) is 20.2. The maximum Gasteiger partial charge on any atom is 0.174 e. The van der Waals surface area contributed by atoms with Crippen molar-refractivity contribution in [1.29, 1.82) is 0 Å². The molecule has 2 atom stereocenters. The predicted molar refractivity (Wildman–Crippen MR) is 142 cm³/mol. The van der Waals surface area contributed by atoms with Crippen LogP contribution in [0.25, 0.3) is 5.82 Å². The van der Waals surface area contributed by atoms with Gasteiger partial charge in [-0.2, -0.15) is 0 Å². The minimum atomic E-state index is -0.0749. The molecule has 1 aromatic carbocycles. The molecule has 1 fully saturated rings. The van der Waals surface area contributed by atoms with Gasteiger partial charge in [-0.05, 0) is 105 Å². The number of hydrogen-bond donors (Lipinski definition) is 1. The summed E-state index contributed by atoms with van der Waals surface area (Å²) in [5.74, 6) is 0.962. The third kappa shape index (κ3) is 3.68. The maximum absolute atomic E-state index is 5.92. The molecule has 34 heavy (non-hydrogen) atoms. The summed E-state index contributed by atoms with van der Waals surface area (Å²) < 4.78 is 2.25. The quantitative estimate of drug-likeness (QED) is 0.374. The molecule has 1 saturated heterocycles. The van der Waals surface area contributed by atoms with Crippen molar-refractivity contribution in [3.63, 3.8) is 0 Å². The second kappa shape index (κ2) is 8.69. The summed E-state index contributed by atoms with van der Waals surface area (Å²) in [6.45, 7) is 10.7. The van der Waals surface area contributed by atoms with Gasteiger partial charge in [0.1, 0.15) is 5.82 Å². The molecule has 4 heterocycles. The average Bonchev–Trinajstić information content (AvgIpc) is 3.32. The van der Waals surface area contributed by atoms with E-state index in [1.165, 1.54) is 16.7 Å². The van der Waals surface area contributed by atoms with Crippen molar-refractivity contribution in [2.75, 3.05) is 4.90 Å². The summed E-state index contributed by atoms with van der Waals surface area (Å²) in [5.41, 5.74) is 9.23. The second-order valence-electron chi connectivity index (χ2n) is 9.07. The molecule has 0 spiro atoms. The van der Waals surface area contributed by atoms with Crippen molar-refractivity contribution in [3.05, 3.63) is 106 Å². The van der Waals surface area contributed by atoms with Crippen LogP contribution in [0.4, 0.5) is 5.69 Å². The first-order valence-corrected chi connectivity index (χ1v) is 12.0. The van der Waals surface area contributed by atoms with E-state index in [1.54, 1.807) is 0 Å². The van der Waals surface area contributed by atoms with E-state index in [-0.39, 0.29) is 12.1 Å². The fraction of sp³-hybridized carbons (Fsp3) is 0.250. The van der Waals surface area contributed by atoms with Gasteiger partial charge in [-0.1, -0.05) is 18.2 Å². The Morgan fingerprint density at radius 1 is 0.824 bits per heavy atom. The molecule has 0 bridgehead atoms. The Morgan fingerprint density at radius 2 is 1.62 bits per heavy atom. The number of rotatable bonds is 4. The SMILES string of the molecule is Cc1ccc(N2C(=S)N[C@@H](c3ccccn3)[C@H]2c2cc(C)n(-c3ncccc3C)c2C)cc1C. The largest absolute Gasteiger partial charge is 0.351 e. The lowest BCUT2D eigenvalue weighted by Crippen LogP contribution is -2.29. The van der Waals surface area contributed by atoms with Gasteiger partial charge in [0, 0.05) is 29.5 Å². The van der Waals surface area contributed by atoms with Gasteiger partial charge in [0.2, 0.25) is 0 Å². The lowest BCUT2D eigenvalue weighted by atomic mass is 9.96. The van der Waals surface area contributed by atoms with Gasteiger partial charge in [-0.15, -0.1) is 0 Å². The van der Waals surface area contributed by atoms with Gasteiger partial charge in [-0.25, -0.2) is 4.98 Å². The number of anilines is 1. The van der Waals surface area contributed by atoms with E-state index in [9.17, 15) is 0 Å². The molecular weight excluding hydrogens is 438 g/mol. The number of benzene rings is 1. The Bertz CT molecular complexity index is 1380. The summed E-state index contributed by atoms with van der Waals surface area (Å²) in [6, 6.07) is 18.8. The highest BCUT2D eigenvalue weighted by Crippen LogP contribution is 2.44. The Morgan fingerprint density at radius 3 is 2.32 bits per heavy atom. The monoisotopic (exact) mass is 467 g/mol. The van der Waals surface area contributed by atoms with Crippen LogP contribution in [0.1, 0.15) is 51.4 Å². The molecule has 0 aliphatic carbocycles. The van der Waals surface area contributed by atoms with Crippen LogP contribution in [0.15, 0.2) is 67.0 Å². The van der Waals surface area contributed by atoms with E-state index in [1.807, 2.05) is 30.6 Å². The highest BCUT2D eigenvalue weighted by atomic mass is 32.1. The second-order valence-corrected chi connectivity index (χ2v) is 9.46. The van der Waals surface area contributed by atoms with E-state index in [2.05, 4.69) is 85.8 Å². The predicted octanol–water partition coefficient (Wildman–Crippen LogP) is 5.99. The summed E-state index contributed by atoms with van der Waals surface area (Å²) in [6.07, 6.45) is 3.70. The Hall–Kier alpha value is -3.51. The standard InChI is InChI=1S/C28H29N5S/c1-17-11-12-22(15-19(17)3)33-26(25(31-28(33)34)24-10-6-7-13-29-24)23-16-20(4)32(21(23)5)27-18(2)9-8-14-30-27/h6-16,25-26H,1-5H3,(H,31,34)/t25-,26+/m0/s1. The van der Waals surface area contributed by atoms with Gasteiger partial charge in [0.15, 0.2) is 5.11 Å². The summed E-state index contributed by atoms with van der Waals surface area (Å²) in [4.78, 5) is 11.6. The topological polar surface area (TPSA) is 46.0 Å². The molecule has 0 saturated carbocycles. The lowest BCUT2D eigenvalue weighted by Gasteiger charge is -2.28. The number of aryl methyl sites for hydroxylation is 4. The van der Waals surface area contributed by atoms with Crippen LogP contribution in [-0.2, 0) is 0 Å². The Kier molecular flexibility index (Phi) is 5.70. The van der Waals surface area contributed by atoms with E-state index in [0.29, 0.717) is 5.11 Å². The molecule has 1 N–H and O–H groups in total. The van der Waals surface area contributed by atoms with E-state index in [0.717, 1.165) is 34.2 Å². The molecule has 0 radical (unpaired) electrons. The fourth-order valence-electron chi connectivity index (χ4n) is 4.95. The number of nitrogens with zero attached hydrogens (tertiary/aromatic N) is 4. The first-order chi connectivity index (χ1) is 16.4. The molecule has 4 aromatic rings. The lowest BCUT2D eigenvalue weighted by molar-refractivity contribution is 0.565. The van der Waals surface area contributed by atoms with E-state index in [4.69, 9.17) is 22.2 Å². The number of nitrogens with one attached hydrogen (secondary N) is 1. The van der Waals surface area contributed by atoms with Gasteiger partial charge in [0.25, 0.3) is 0 Å². The van der Waals surface area contributed by atoms with Crippen molar-refractivity contribution < 1.29 is 0 Å². The molecule has 3 aromatic heterocycles. The minimum absolute atomic E-state index is 0.0477. The highest BCUT2D eigenvalue weighted by Gasteiger charge is 2.42. The average molecular weight is 468 g/mol. The fourth-order valence-corrected chi connectivity index (χ4v) is 5.29. The van der Waals surface area contributed by atoms with Crippen LogP contribution in [0.2, 0.25) is 0 Å². The van der Waals surface area contributed by atoms with Crippen molar-refractivity contribution >= 4 is 23.0 Å². The van der Waals surface area contributed by atoms with Crippen LogP contribution in [0.5, 0.6) is 0 Å². The Labute approximate surface area is 206 Å². The van der Waals surface area contributed by atoms with Gasteiger partial charge in [0.05, 0.1) is 17.8 Å². The normalized spacial score (nSPS) is 17.8. The molecule has 172 valence electrons. The first-order valence-electron chi connectivity index (χ1n) is 11.6. The van der Waals surface area contributed by atoms with Crippen LogP contribution in [-0.4, -0.2) is 19.6 Å². The third-order valence-electron chi connectivity index (χ3n) is 6.85. The molecule has 0 unspecified atom stereocenters. The van der Waals surface area contributed by atoms with Crippen LogP contribution in [0, 0.1) is 34.6 Å². The molecule has 6 heteroatoms. The zero-order chi connectivity index (χ0) is 24.0. The maximum atomic E-state index is 5.92. The third-order valence-corrected chi connectivity index (χ3v) is 7.16.